The van der Waals surface area contributed by atoms with E-state index in [9.17, 15) is 14.9 Å². The Morgan fingerprint density at radius 1 is 1.24 bits per heavy atom. The van der Waals surface area contributed by atoms with Gasteiger partial charge in [-0.3, -0.25) is 19.9 Å². The topological polar surface area (TPSA) is 88.4 Å². The molecule has 132 valence electrons. The summed E-state index contributed by atoms with van der Waals surface area (Å²) in [5.74, 6) is 0.250. The van der Waals surface area contributed by atoms with E-state index < -0.39 is 4.92 Å². The normalized spacial score (nSPS) is 15.2. The zero-order valence-electron chi connectivity index (χ0n) is 14.1. The van der Waals surface area contributed by atoms with Crippen LogP contribution < -0.4 is 5.32 Å². The van der Waals surface area contributed by atoms with Gasteiger partial charge in [-0.1, -0.05) is 6.42 Å². The fourth-order valence-electron chi connectivity index (χ4n) is 3.23. The molecule has 1 amide bonds. The van der Waals surface area contributed by atoms with Crippen molar-refractivity contribution in [1.82, 2.24) is 9.88 Å². The van der Waals surface area contributed by atoms with Crippen molar-refractivity contribution in [3.63, 3.8) is 0 Å². The monoisotopic (exact) mass is 342 g/mol. The number of likely N-dealkylation sites (tertiary alicyclic amines) is 1. The van der Waals surface area contributed by atoms with Crippen LogP contribution in [0.2, 0.25) is 0 Å². The zero-order valence-corrected chi connectivity index (χ0v) is 14.1. The molecule has 0 spiro atoms. The number of carbonyl (C=O) groups is 1. The zero-order chi connectivity index (χ0) is 17.6. The number of nitrogens with zero attached hydrogens (tertiary/aromatic N) is 3. The number of fused-ring (bicyclic) bond motifs is 1. The Labute approximate surface area is 146 Å². The Bertz CT molecular complexity index is 778. The lowest BCUT2D eigenvalue weighted by molar-refractivity contribution is -0.383. The van der Waals surface area contributed by atoms with Gasteiger partial charge < -0.3 is 10.2 Å². The van der Waals surface area contributed by atoms with E-state index in [4.69, 9.17) is 0 Å². The molecule has 1 fully saturated rings. The molecular formula is C18H22N4O3. The number of aromatic nitrogens is 1. The van der Waals surface area contributed by atoms with Crippen LogP contribution >= 0.6 is 0 Å². The summed E-state index contributed by atoms with van der Waals surface area (Å²) in [6, 6.07) is 6.61. The summed E-state index contributed by atoms with van der Waals surface area (Å²) >= 11 is 0. The van der Waals surface area contributed by atoms with Crippen LogP contribution in [-0.4, -0.2) is 40.3 Å². The molecule has 1 saturated heterocycles. The van der Waals surface area contributed by atoms with Crippen LogP contribution in [0.15, 0.2) is 30.5 Å². The molecule has 1 aromatic heterocycles. The number of pyridine rings is 1. The predicted octanol–water partition coefficient (Wildman–Crippen LogP) is 3.35. The highest BCUT2D eigenvalue weighted by atomic mass is 16.6. The molecule has 1 aliphatic heterocycles. The Morgan fingerprint density at radius 3 is 2.96 bits per heavy atom. The number of rotatable bonds is 6. The van der Waals surface area contributed by atoms with E-state index in [2.05, 4.69) is 10.3 Å². The second-order valence-electron chi connectivity index (χ2n) is 6.26. The first kappa shape index (κ1) is 17.1. The van der Waals surface area contributed by atoms with E-state index in [1.807, 2.05) is 4.90 Å². The number of non-ortho nitro benzene ring substituents is 1. The lowest BCUT2D eigenvalue weighted by atomic mass is 10.1. The lowest BCUT2D eigenvalue weighted by Crippen LogP contribution is -2.32. The molecular weight excluding hydrogens is 320 g/mol. The van der Waals surface area contributed by atoms with Gasteiger partial charge in [-0.2, -0.15) is 0 Å². The first-order valence-corrected chi connectivity index (χ1v) is 8.70. The minimum Gasteiger partial charge on any atom is -0.383 e. The van der Waals surface area contributed by atoms with E-state index in [1.54, 1.807) is 24.4 Å². The van der Waals surface area contributed by atoms with E-state index in [0.717, 1.165) is 44.5 Å². The molecule has 1 N–H and O–H groups in total. The summed E-state index contributed by atoms with van der Waals surface area (Å²) in [4.78, 5) is 29.0. The first-order valence-electron chi connectivity index (χ1n) is 8.70. The van der Waals surface area contributed by atoms with E-state index in [1.165, 1.54) is 6.07 Å². The molecule has 0 radical (unpaired) electrons. The SMILES string of the molecule is O=C1CCCCCN1CCCNc1ccc([N+](=O)[O-])c2cccnc12. The fraction of sp³-hybridized carbons (Fsp3) is 0.444. The third-order valence-corrected chi connectivity index (χ3v) is 4.53. The van der Waals surface area contributed by atoms with Crippen molar-refractivity contribution in [3.8, 4) is 0 Å². The molecule has 3 rings (SSSR count). The highest BCUT2D eigenvalue weighted by Crippen LogP contribution is 2.29. The number of nitro groups is 1. The van der Waals surface area contributed by atoms with Gasteiger partial charge in [-0.25, -0.2) is 0 Å². The molecule has 1 aliphatic rings. The highest BCUT2D eigenvalue weighted by Gasteiger charge is 2.17. The molecule has 0 bridgehead atoms. The van der Waals surface area contributed by atoms with Gasteiger partial charge in [0.05, 0.1) is 16.0 Å². The minimum atomic E-state index is -0.390. The van der Waals surface area contributed by atoms with Gasteiger partial charge in [0.15, 0.2) is 0 Å². The molecule has 1 aromatic carbocycles. The number of carbonyl (C=O) groups excluding carboxylic acids is 1. The molecule has 0 saturated carbocycles. The lowest BCUT2D eigenvalue weighted by Gasteiger charge is -2.20. The molecule has 7 heteroatoms. The molecule has 0 atom stereocenters. The van der Waals surface area contributed by atoms with Crippen molar-refractivity contribution in [2.24, 2.45) is 0 Å². The second-order valence-corrected chi connectivity index (χ2v) is 6.26. The number of benzene rings is 1. The number of nitro benzene ring substituents is 1. The second kappa shape index (κ2) is 7.92. The summed E-state index contributed by atoms with van der Waals surface area (Å²) in [5.41, 5.74) is 1.44. The maximum Gasteiger partial charge on any atom is 0.278 e. The smallest absolute Gasteiger partial charge is 0.278 e. The Kier molecular flexibility index (Phi) is 5.42. The standard InChI is InChI=1S/C18H22N4O3/c23-17-7-2-1-3-12-21(17)13-5-11-19-15-8-9-16(22(24)25)14-6-4-10-20-18(14)15/h4,6,8-10,19H,1-3,5,7,11-13H2. The van der Waals surface area contributed by atoms with Crippen LogP contribution in [0.3, 0.4) is 0 Å². The number of nitrogens with one attached hydrogen (secondary N) is 1. The van der Waals surface area contributed by atoms with Crippen molar-refractivity contribution in [1.29, 1.82) is 0 Å². The fourth-order valence-corrected chi connectivity index (χ4v) is 3.23. The summed E-state index contributed by atoms with van der Waals surface area (Å²) in [6.07, 6.45) is 6.32. The summed E-state index contributed by atoms with van der Waals surface area (Å²) in [5, 5.41) is 15.0. The van der Waals surface area contributed by atoms with Gasteiger partial charge in [-0.15, -0.1) is 0 Å². The molecule has 2 heterocycles. The van der Waals surface area contributed by atoms with Gasteiger partial charge in [0.1, 0.15) is 5.52 Å². The van der Waals surface area contributed by atoms with E-state index in [-0.39, 0.29) is 11.6 Å². The van der Waals surface area contributed by atoms with Crippen molar-refractivity contribution >= 4 is 28.2 Å². The largest absolute Gasteiger partial charge is 0.383 e. The molecule has 0 unspecified atom stereocenters. The first-order chi connectivity index (χ1) is 12.2. The van der Waals surface area contributed by atoms with Crippen LogP contribution in [0.5, 0.6) is 0 Å². The number of amides is 1. The third-order valence-electron chi connectivity index (χ3n) is 4.53. The summed E-state index contributed by atoms with van der Waals surface area (Å²) in [7, 11) is 0. The molecule has 7 nitrogen and oxygen atoms in total. The predicted molar refractivity (Wildman–Crippen MR) is 96.6 cm³/mol. The van der Waals surface area contributed by atoms with Crippen LogP contribution in [0.1, 0.15) is 32.1 Å². The molecule has 25 heavy (non-hydrogen) atoms. The maximum atomic E-state index is 12.0. The van der Waals surface area contributed by atoms with E-state index in [0.29, 0.717) is 23.9 Å². The Hall–Kier alpha value is -2.70. The van der Waals surface area contributed by atoms with Gasteiger partial charge in [0, 0.05) is 38.3 Å². The number of hydrogen-bond acceptors (Lipinski definition) is 5. The van der Waals surface area contributed by atoms with Crippen LogP contribution in [0.25, 0.3) is 10.9 Å². The number of anilines is 1. The van der Waals surface area contributed by atoms with Crippen molar-refractivity contribution in [3.05, 3.63) is 40.6 Å². The van der Waals surface area contributed by atoms with Crippen molar-refractivity contribution < 1.29 is 9.72 Å². The van der Waals surface area contributed by atoms with Crippen molar-refractivity contribution in [2.45, 2.75) is 32.1 Å². The summed E-state index contributed by atoms with van der Waals surface area (Å²) in [6.45, 7) is 2.28. The van der Waals surface area contributed by atoms with Gasteiger partial charge in [0.2, 0.25) is 5.91 Å². The van der Waals surface area contributed by atoms with Crippen molar-refractivity contribution in [2.75, 3.05) is 25.0 Å². The summed E-state index contributed by atoms with van der Waals surface area (Å²) < 4.78 is 0. The third kappa shape index (κ3) is 4.04. The maximum absolute atomic E-state index is 12.0. The highest BCUT2D eigenvalue weighted by molar-refractivity contribution is 5.96. The Balaban J connectivity index is 1.63. The van der Waals surface area contributed by atoms with Crippen LogP contribution in [-0.2, 0) is 4.79 Å². The van der Waals surface area contributed by atoms with E-state index >= 15 is 0 Å². The quantitative estimate of drug-likeness (QED) is 0.494. The van der Waals surface area contributed by atoms with Crippen LogP contribution in [0, 0.1) is 10.1 Å². The van der Waals surface area contributed by atoms with Gasteiger partial charge in [-0.05, 0) is 37.5 Å². The average molecular weight is 342 g/mol. The van der Waals surface area contributed by atoms with Gasteiger partial charge >= 0.3 is 0 Å². The minimum absolute atomic E-state index is 0.0591. The van der Waals surface area contributed by atoms with Gasteiger partial charge in [0.25, 0.3) is 5.69 Å². The Morgan fingerprint density at radius 2 is 2.12 bits per heavy atom. The molecule has 2 aromatic rings. The number of hydrogen-bond donors (Lipinski definition) is 1. The van der Waals surface area contributed by atoms with Crippen LogP contribution in [0.4, 0.5) is 11.4 Å². The average Bonchev–Trinajstić information content (AvgIpc) is 2.82. The molecule has 0 aliphatic carbocycles.